The quantitative estimate of drug-likeness (QED) is 0.310. The summed E-state index contributed by atoms with van der Waals surface area (Å²) in [5.74, 6) is 1.12. The van der Waals surface area contributed by atoms with Crippen molar-refractivity contribution < 1.29 is 13.9 Å². The second-order valence-corrected chi connectivity index (χ2v) is 10.5. The van der Waals surface area contributed by atoms with Crippen LogP contribution in [0.1, 0.15) is 42.0 Å². The summed E-state index contributed by atoms with van der Waals surface area (Å²) in [7, 11) is 0. The monoisotopic (exact) mass is 546 g/mol. The highest BCUT2D eigenvalue weighted by atomic mass is 35.5. The van der Waals surface area contributed by atoms with E-state index in [4.69, 9.17) is 26.1 Å². The van der Waals surface area contributed by atoms with Gasteiger partial charge in [-0.05, 0) is 43.0 Å². The van der Waals surface area contributed by atoms with Gasteiger partial charge in [0, 0.05) is 43.9 Å². The first-order valence-electron chi connectivity index (χ1n) is 13.2. The van der Waals surface area contributed by atoms with Crippen LogP contribution < -0.4 is 4.74 Å². The van der Waals surface area contributed by atoms with Crippen molar-refractivity contribution in [2.45, 2.75) is 51.0 Å². The molecule has 0 amide bonds. The van der Waals surface area contributed by atoms with E-state index in [-0.39, 0.29) is 17.2 Å². The van der Waals surface area contributed by atoms with Crippen LogP contribution in [-0.4, -0.2) is 56.3 Å². The molecule has 0 aliphatic carbocycles. The maximum Gasteiger partial charge on any atom is 0.213 e. The van der Waals surface area contributed by atoms with Gasteiger partial charge in [-0.3, -0.25) is 4.90 Å². The van der Waals surface area contributed by atoms with E-state index in [2.05, 4.69) is 25.5 Å². The summed E-state index contributed by atoms with van der Waals surface area (Å²) in [5.41, 5.74) is 3.72. The zero-order valence-electron chi connectivity index (χ0n) is 21.4. The molecule has 5 heterocycles. The van der Waals surface area contributed by atoms with Crippen molar-refractivity contribution in [1.29, 1.82) is 5.26 Å². The molecule has 1 unspecified atom stereocenters. The topological polar surface area (TPSA) is 89.1 Å². The Morgan fingerprint density at radius 2 is 1.97 bits per heavy atom. The summed E-state index contributed by atoms with van der Waals surface area (Å²) in [6.45, 7) is 4.00. The van der Waals surface area contributed by atoms with Crippen LogP contribution in [0.15, 0.2) is 48.7 Å². The van der Waals surface area contributed by atoms with Crippen LogP contribution in [0.25, 0.3) is 11.0 Å². The van der Waals surface area contributed by atoms with Gasteiger partial charge in [-0.15, -0.1) is 0 Å². The fraction of sp³-hybridized carbons (Fsp3) is 0.379. The minimum atomic E-state index is -0.427. The Kier molecular flexibility index (Phi) is 7.42. The molecule has 8 nitrogen and oxygen atoms in total. The van der Waals surface area contributed by atoms with Gasteiger partial charge < -0.3 is 14.0 Å². The fourth-order valence-electron chi connectivity index (χ4n) is 5.13. The van der Waals surface area contributed by atoms with E-state index in [0.717, 1.165) is 73.6 Å². The van der Waals surface area contributed by atoms with Crippen LogP contribution in [0.2, 0.25) is 5.02 Å². The highest BCUT2D eigenvalue weighted by Gasteiger charge is 2.25. The average molecular weight is 547 g/mol. The minimum Gasteiger partial charge on any atom is -0.474 e. The number of nitrogens with zero attached hydrogens (tertiary/aromatic N) is 6. The predicted octanol–water partition coefficient (Wildman–Crippen LogP) is 4.91. The Hall–Kier alpha value is -3.58. The molecule has 1 aromatic carbocycles. The van der Waals surface area contributed by atoms with Crippen molar-refractivity contribution in [2.75, 3.05) is 19.7 Å². The minimum absolute atomic E-state index is 0.0709. The Morgan fingerprint density at radius 1 is 1.13 bits per heavy atom. The van der Waals surface area contributed by atoms with Gasteiger partial charge in [0.15, 0.2) is 0 Å². The highest BCUT2D eigenvalue weighted by molar-refractivity contribution is 6.30. The lowest BCUT2D eigenvalue weighted by Crippen LogP contribution is -2.39. The number of imidazole rings is 1. The number of nitriles is 1. The molecule has 2 aliphatic heterocycles. The maximum absolute atomic E-state index is 13.8. The lowest BCUT2D eigenvalue weighted by molar-refractivity contribution is -0.0592. The third-order valence-corrected chi connectivity index (χ3v) is 7.65. The molecular weight excluding hydrogens is 519 g/mol. The number of hydrogen-bond acceptors (Lipinski definition) is 7. The van der Waals surface area contributed by atoms with Crippen molar-refractivity contribution >= 4 is 22.6 Å². The number of aromatic nitrogens is 4. The molecule has 3 aromatic heterocycles. The molecule has 0 N–H and O–H groups in total. The summed E-state index contributed by atoms with van der Waals surface area (Å²) >= 11 is 5.80. The van der Waals surface area contributed by atoms with E-state index in [1.807, 2.05) is 24.3 Å². The third kappa shape index (κ3) is 5.88. The van der Waals surface area contributed by atoms with Crippen LogP contribution >= 0.6 is 11.6 Å². The molecule has 10 heteroatoms. The number of benzene rings is 1. The van der Waals surface area contributed by atoms with E-state index < -0.39 is 5.82 Å². The van der Waals surface area contributed by atoms with Crippen LogP contribution in [0, 0.1) is 17.1 Å². The molecule has 4 aromatic rings. The first-order chi connectivity index (χ1) is 19.0. The number of rotatable bonds is 8. The Labute approximate surface area is 231 Å². The van der Waals surface area contributed by atoms with Crippen molar-refractivity contribution in [3.8, 4) is 11.9 Å². The van der Waals surface area contributed by atoms with Crippen LogP contribution in [0.5, 0.6) is 5.88 Å². The smallest absolute Gasteiger partial charge is 0.213 e. The molecule has 1 atom stereocenters. The fourth-order valence-corrected chi connectivity index (χ4v) is 5.25. The van der Waals surface area contributed by atoms with Gasteiger partial charge in [0.05, 0.1) is 41.4 Å². The zero-order valence-corrected chi connectivity index (χ0v) is 22.1. The number of fused-ring (bicyclic) bond motifs is 1. The maximum atomic E-state index is 13.8. The zero-order chi connectivity index (χ0) is 26.8. The normalized spacial score (nSPS) is 18.1. The van der Waals surface area contributed by atoms with Gasteiger partial charge in [0.1, 0.15) is 29.5 Å². The summed E-state index contributed by atoms with van der Waals surface area (Å²) in [6.07, 6.45) is 5.30. The lowest BCUT2D eigenvalue weighted by Gasteiger charge is -2.32. The molecule has 0 saturated carbocycles. The van der Waals surface area contributed by atoms with Gasteiger partial charge >= 0.3 is 0 Å². The number of likely N-dealkylation sites (tertiary alicyclic amines) is 1. The number of hydrogen-bond donors (Lipinski definition) is 0. The molecule has 0 spiro atoms. The summed E-state index contributed by atoms with van der Waals surface area (Å²) in [5, 5.41) is 9.36. The second-order valence-electron chi connectivity index (χ2n) is 10.1. The molecule has 200 valence electrons. The largest absolute Gasteiger partial charge is 0.474 e. The number of ether oxygens (including phenoxy) is 2. The van der Waals surface area contributed by atoms with E-state index in [9.17, 15) is 9.65 Å². The molecule has 2 saturated heterocycles. The Bertz CT molecular complexity index is 1520. The number of halogens is 2. The Morgan fingerprint density at radius 3 is 2.72 bits per heavy atom. The van der Waals surface area contributed by atoms with Gasteiger partial charge in [-0.25, -0.2) is 19.3 Å². The number of pyridine rings is 2. The average Bonchev–Trinajstić information content (AvgIpc) is 3.25. The number of piperidine rings is 1. The van der Waals surface area contributed by atoms with Gasteiger partial charge in [0.25, 0.3) is 0 Å². The summed E-state index contributed by atoms with van der Waals surface area (Å²) < 4.78 is 27.9. The third-order valence-electron chi connectivity index (χ3n) is 7.35. The highest BCUT2D eigenvalue weighted by Crippen LogP contribution is 2.25. The molecular formula is C29H28ClFN6O2. The molecule has 0 bridgehead atoms. The van der Waals surface area contributed by atoms with Crippen LogP contribution in [0.3, 0.4) is 0 Å². The second kappa shape index (κ2) is 11.3. The lowest BCUT2D eigenvalue weighted by atomic mass is 10.1. The van der Waals surface area contributed by atoms with E-state index in [0.29, 0.717) is 24.5 Å². The van der Waals surface area contributed by atoms with E-state index in [1.54, 1.807) is 18.3 Å². The molecule has 39 heavy (non-hydrogen) atoms. The van der Waals surface area contributed by atoms with Gasteiger partial charge in [-0.2, -0.15) is 5.26 Å². The van der Waals surface area contributed by atoms with Crippen LogP contribution in [-0.2, 0) is 24.2 Å². The van der Waals surface area contributed by atoms with Crippen LogP contribution in [0.4, 0.5) is 4.39 Å². The van der Waals surface area contributed by atoms with Gasteiger partial charge in [-0.1, -0.05) is 23.7 Å². The van der Waals surface area contributed by atoms with E-state index >= 15 is 0 Å². The molecule has 0 radical (unpaired) electrons. The van der Waals surface area contributed by atoms with Crippen molar-refractivity contribution in [2.24, 2.45) is 0 Å². The first kappa shape index (κ1) is 25.7. The van der Waals surface area contributed by atoms with E-state index in [1.165, 1.54) is 6.07 Å². The van der Waals surface area contributed by atoms with Crippen molar-refractivity contribution in [1.82, 2.24) is 24.4 Å². The molecule has 2 fully saturated rings. The van der Waals surface area contributed by atoms with Gasteiger partial charge in [0.2, 0.25) is 5.88 Å². The molecule has 6 rings (SSSR count). The van der Waals surface area contributed by atoms with Crippen molar-refractivity contribution in [3.05, 3.63) is 82.3 Å². The first-order valence-corrected chi connectivity index (χ1v) is 13.6. The van der Waals surface area contributed by atoms with Crippen molar-refractivity contribution in [3.63, 3.8) is 0 Å². The summed E-state index contributed by atoms with van der Waals surface area (Å²) in [6, 6.07) is 14.4. The Balaban J connectivity index is 1.08. The molecule has 2 aliphatic rings. The summed E-state index contributed by atoms with van der Waals surface area (Å²) in [4.78, 5) is 16.2. The standard InChI is InChI=1S/C29H28ClFN6O2/c30-24-5-4-19(13-25(24)31)12-20-2-1-3-29(34-20)39-22-6-9-36(10-7-22)18-28-35-26-14-21(15-32)33-16-27(26)37(28)17-23-8-11-38-23/h1-5,13-14,16,22-23H,6-12,17-18H2. The SMILES string of the molecule is N#Cc1cc2nc(CN3CCC(Oc4cccc(Cc5ccc(Cl)c(F)c5)n4)CC3)n(CC3CCO3)c2cn1. The predicted molar refractivity (Wildman–Crippen MR) is 144 cm³/mol.